The van der Waals surface area contributed by atoms with Gasteiger partial charge < -0.3 is 18.8 Å². The smallest absolute Gasteiger partial charge is 0.289 e. The molecule has 4 aromatic rings. The molecule has 0 atom stereocenters. The number of benzene rings is 3. The molecule has 30 heavy (non-hydrogen) atoms. The Hall–Kier alpha value is -3.47. The maximum absolute atomic E-state index is 13.1. The highest BCUT2D eigenvalue weighted by Crippen LogP contribution is 2.32. The summed E-state index contributed by atoms with van der Waals surface area (Å²) in [6.07, 6.45) is 0.699. The molecule has 5 heteroatoms. The molecule has 0 aliphatic rings. The summed E-state index contributed by atoms with van der Waals surface area (Å²) in [6.45, 7) is 2.50. The molecule has 0 aliphatic carbocycles. The van der Waals surface area contributed by atoms with Crippen molar-refractivity contribution in [1.82, 2.24) is 4.90 Å². The molecule has 5 nitrogen and oxygen atoms in total. The predicted octanol–water partition coefficient (Wildman–Crippen LogP) is 5.23. The summed E-state index contributed by atoms with van der Waals surface area (Å²) < 4.78 is 16.7. The topological polar surface area (TPSA) is 51.9 Å². The maximum atomic E-state index is 13.1. The molecule has 0 fully saturated rings. The maximum Gasteiger partial charge on any atom is 0.289 e. The van der Waals surface area contributed by atoms with E-state index in [4.69, 9.17) is 13.9 Å². The number of aryl methyl sites for hydroxylation is 1. The van der Waals surface area contributed by atoms with Crippen molar-refractivity contribution in [1.29, 1.82) is 0 Å². The number of fused-ring (bicyclic) bond motifs is 3. The van der Waals surface area contributed by atoms with Crippen LogP contribution in [0.4, 0.5) is 0 Å². The Balaban J connectivity index is 1.56. The average molecular weight is 403 g/mol. The summed E-state index contributed by atoms with van der Waals surface area (Å²) in [5.74, 6) is 1.66. The third-order valence-electron chi connectivity index (χ3n) is 5.55. The lowest BCUT2D eigenvalue weighted by Gasteiger charge is -2.17. The van der Waals surface area contributed by atoms with Crippen molar-refractivity contribution in [2.45, 2.75) is 13.3 Å². The Bertz CT molecular complexity index is 1220. The number of methoxy groups -OCH3 is 2. The standard InChI is InChI=1S/C25H25NO4/c1-16-19-11-10-18-7-5-6-8-20(18)24(19)30-23(16)25(27)26(2)14-13-17-9-12-21(28-3)22(15-17)29-4/h5-12,15H,13-14H2,1-4H3. The van der Waals surface area contributed by atoms with Crippen LogP contribution in [-0.4, -0.2) is 38.6 Å². The van der Waals surface area contributed by atoms with Gasteiger partial charge in [0.05, 0.1) is 14.2 Å². The van der Waals surface area contributed by atoms with Gasteiger partial charge in [-0.05, 0) is 36.4 Å². The fourth-order valence-electron chi connectivity index (χ4n) is 3.76. The van der Waals surface area contributed by atoms with Gasteiger partial charge in [0.15, 0.2) is 17.3 Å². The fraction of sp³-hybridized carbons (Fsp3) is 0.240. The van der Waals surface area contributed by atoms with E-state index in [0.29, 0.717) is 30.2 Å². The van der Waals surface area contributed by atoms with Gasteiger partial charge in [-0.2, -0.15) is 0 Å². The van der Waals surface area contributed by atoms with Gasteiger partial charge in [0.1, 0.15) is 5.58 Å². The molecule has 0 bridgehead atoms. The first-order valence-electron chi connectivity index (χ1n) is 9.90. The van der Waals surface area contributed by atoms with Crippen LogP contribution >= 0.6 is 0 Å². The molecule has 154 valence electrons. The normalized spacial score (nSPS) is 11.1. The summed E-state index contributed by atoms with van der Waals surface area (Å²) in [7, 11) is 5.03. The zero-order valence-electron chi connectivity index (χ0n) is 17.7. The number of hydrogen-bond donors (Lipinski definition) is 0. The minimum atomic E-state index is -0.117. The van der Waals surface area contributed by atoms with Crippen LogP contribution in [0.1, 0.15) is 21.7 Å². The zero-order chi connectivity index (χ0) is 21.3. The number of amides is 1. The number of furan rings is 1. The van der Waals surface area contributed by atoms with Crippen LogP contribution in [0.2, 0.25) is 0 Å². The van der Waals surface area contributed by atoms with Gasteiger partial charge in [-0.1, -0.05) is 42.5 Å². The number of carbonyl (C=O) groups excluding carboxylic acids is 1. The Morgan fingerprint density at radius 3 is 2.50 bits per heavy atom. The summed E-state index contributed by atoms with van der Waals surface area (Å²) in [6, 6.07) is 17.9. The van der Waals surface area contributed by atoms with E-state index in [1.165, 1.54) is 0 Å². The summed E-state index contributed by atoms with van der Waals surface area (Å²) in [5, 5.41) is 3.09. The highest BCUT2D eigenvalue weighted by molar-refractivity contribution is 6.08. The quantitative estimate of drug-likeness (QED) is 0.443. The van der Waals surface area contributed by atoms with Gasteiger partial charge in [0.2, 0.25) is 0 Å². The summed E-state index contributed by atoms with van der Waals surface area (Å²) in [5.41, 5.74) is 2.71. The molecule has 0 unspecified atom stereocenters. The van der Waals surface area contributed by atoms with E-state index in [2.05, 4.69) is 6.07 Å². The highest BCUT2D eigenvalue weighted by Gasteiger charge is 2.22. The number of carbonyl (C=O) groups is 1. The second-order valence-corrected chi connectivity index (χ2v) is 7.39. The fourth-order valence-corrected chi connectivity index (χ4v) is 3.76. The van der Waals surface area contributed by atoms with Gasteiger partial charge >= 0.3 is 0 Å². The molecule has 1 heterocycles. The molecule has 0 saturated heterocycles. The molecule has 0 radical (unpaired) electrons. The molecule has 1 amide bonds. The van der Waals surface area contributed by atoms with Crippen LogP contribution in [0, 0.1) is 6.92 Å². The number of ether oxygens (including phenoxy) is 2. The molecule has 0 N–H and O–H groups in total. The molecular weight excluding hydrogens is 378 g/mol. The highest BCUT2D eigenvalue weighted by atomic mass is 16.5. The number of hydrogen-bond acceptors (Lipinski definition) is 4. The Labute approximate surface area is 175 Å². The van der Waals surface area contributed by atoms with Gasteiger partial charge in [-0.25, -0.2) is 0 Å². The van der Waals surface area contributed by atoms with Gasteiger partial charge in [0.25, 0.3) is 5.91 Å². The van der Waals surface area contributed by atoms with Crippen LogP contribution in [0.25, 0.3) is 21.7 Å². The van der Waals surface area contributed by atoms with Crippen LogP contribution in [0.5, 0.6) is 11.5 Å². The Morgan fingerprint density at radius 2 is 1.73 bits per heavy atom. The third-order valence-corrected chi connectivity index (χ3v) is 5.55. The van der Waals surface area contributed by atoms with Gasteiger partial charge in [-0.15, -0.1) is 0 Å². The van der Waals surface area contributed by atoms with Gasteiger partial charge in [0, 0.05) is 29.9 Å². The van der Waals surface area contributed by atoms with E-state index in [9.17, 15) is 4.79 Å². The number of likely N-dealkylation sites (N-methyl/N-ethyl adjacent to an activating group) is 1. The lowest BCUT2D eigenvalue weighted by atomic mass is 10.1. The van der Waals surface area contributed by atoms with E-state index in [-0.39, 0.29) is 5.91 Å². The van der Waals surface area contributed by atoms with Crippen molar-refractivity contribution >= 4 is 27.6 Å². The van der Waals surface area contributed by atoms with Gasteiger partial charge in [-0.3, -0.25) is 4.79 Å². The molecule has 1 aromatic heterocycles. The summed E-state index contributed by atoms with van der Waals surface area (Å²) in [4.78, 5) is 14.8. The van der Waals surface area contributed by atoms with Crippen molar-refractivity contribution in [3.63, 3.8) is 0 Å². The summed E-state index contributed by atoms with van der Waals surface area (Å²) >= 11 is 0. The second-order valence-electron chi connectivity index (χ2n) is 7.39. The van der Waals surface area contributed by atoms with Crippen molar-refractivity contribution in [2.24, 2.45) is 0 Å². The lowest BCUT2D eigenvalue weighted by Crippen LogP contribution is -2.29. The van der Waals surface area contributed by atoms with Crippen molar-refractivity contribution < 1.29 is 18.7 Å². The molecule has 4 rings (SSSR count). The average Bonchev–Trinajstić information content (AvgIpc) is 3.13. The van der Waals surface area contributed by atoms with Crippen LogP contribution < -0.4 is 9.47 Å². The zero-order valence-corrected chi connectivity index (χ0v) is 17.7. The second kappa shape index (κ2) is 8.11. The minimum Gasteiger partial charge on any atom is -0.493 e. The lowest BCUT2D eigenvalue weighted by molar-refractivity contribution is 0.0766. The van der Waals surface area contributed by atoms with Crippen molar-refractivity contribution in [2.75, 3.05) is 27.8 Å². The van der Waals surface area contributed by atoms with Crippen molar-refractivity contribution in [3.05, 3.63) is 71.5 Å². The molecular formula is C25H25NO4. The van der Waals surface area contributed by atoms with E-state index in [0.717, 1.165) is 32.9 Å². The first kappa shape index (κ1) is 19.8. The van der Waals surface area contributed by atoms with Crippen LogP contribution in [0.3, 0.4) is 0 Å². The SMILES string of the molecule is COc1ccc(CCN(C)C(=O)c2oc3c(ccc4ccccc43)c2C)cc1OC. The van der Waals surface area contributed by atoms with E-state index >= 15 is 0 Å². The Morgan fingerprint density at radius 1 is 0.967 bits per heavy atom. The van der Waals surface area contributed by atoms with Crippen LogP contribution in [0.15, 0.2) is 59.0 Å². The van der Waals surface area contributed by atoms with Crippen LogP contribution in [-0.2, 0) is 6.42 Å². The molecule has 0 aliphatic heterocycles. The molecule has 3 aromatic carbocycles. The van der Waals surface area contributed by atoms with Crippen molar-refractivity contribution in [3.8, 4) is 11.5 Å². The largest absolute Gasteiger partial charge is 0.493 e. The number of nitrogens with zero attached hydrogens (tertiary/aromatic N) is 1. The third kappa shape index (κ3) is 3.47. The van der Waals surface area contributed by atoms with E-state index in [1.807, 2.05) is 55.5 Å². The molecule has 0 saturated carbocycles. The van der Waals surface area contributed by atoms with E-state index < -0.39 is 0 Å². The van der Waals surface area contributed by atoms with E-state index in [1.54, 1.807) is 26.2 Å². The predicted molar refractivity (Wildman–Crippen MR) is 119 cm³/mol. The molecule has 0 spiro atoms. The minimum absolute atomic E-state index is 0.117. The first-order valence-corrected chi connectivity index (χ1v) is 9.90. The Kier molecular flexibility index (Phi) is 5.36. The number of rotatable bonds is 6. The monoisotopic (exact) mass is 403 g/mol. The first-order chi connectivity index (χ1) is 14.5.